The topological polar surface area (TPSA) is 55.9 Å². The highest BCUT2D eigenvalue weighted by Gasteiger charge is 2.16. The fourth-order valence-electron chi connectivity index (χ4n) is 3.24. The predicted octanol–water partition coefficient (Wildman–Crippen LogP) is 5.43. The summed E-state index contributed by atoms with van der Waals surface area (Å²) in [7, 11) is 0. The van der Waals surface area contributed by atoms with Gasteiger partial charge in [-0.05, 0) is 51.0 Å². The normalized spacial score (nSPS) is 12.2. The van der Waals surface area contributed by atoms with Crippen molar-refractivity contribution in [2.45, 2.75) is 34.2 Å². The van der Waals surface area contributed by atoms with E-state index < -0.39 is 0 Å². The van der Waals surface area contributed by atoms with Crippen molar-refractivity contribution in [3.05, 3.63) is 66.1 Å². The number of rotatable bonds is 7. The number of nitrogens with zero attached hydrogens (tertiary/aromatic N) is 3. The molecule has 0 spiro atoms. The molecular weight excluding hydrogens is 336 g/mol. The molecule has 2 aromatic heterocycles. The molecule has 0 radical (unpaired) electrons. The molecule has 0 aliphatic carbocycles. The van der Waals surface area contributed by atoms with Crippen molar-refractivity contribution in [2.24, 2.45) is 0 Å². The molecule has 5 heteroatoms. The van der Waals surface area contributed by atoms with E-state index in [2.05, 4.69) is 58.9 Å². The van der Waals surface area contributed by atoms with Gasteiger partial charge in [-0.2, -0.15) is 0 Å². The Kier molecular flexibility index (Phi) is 5.60. The van der Waals surface area contributed by atoms with E-state index in [4.69, 9.17) is 9.51 Å². The monoisotopic (exact) mass is 362 g/mol. The molecule has 0 fully saturated rings. The van der Waals surface area contributed by atoms with Gasteiger partial charge in [0.25, 0.3) is 0 Å². The number of imidazole rings is 1. The Morgan fingerprint density at radius 3 is 2.78 bits per heavy atom. The van der Waals surface area contributed by atoms with Crippen LogP contribution in [0.4, 0.5) is 5.95 Å². The molecule has 0 atom stereocenters. The van der Waals surface area contributed by atoms with Crippen LogP contribution in [-0.2, 0) is 6.54 Å². The molecule has 2 heterocycles. The summed E-state index contributed by atoms with van der Waals surface area (Å²) >= 11 is 0. The molecule has 0 aliphatic rings. The Bertz CT molecular complexity index is 1000. The van der Waals surface area contributed by atoms with E-state index in [0.717, 1.165) is 52.7 Å². The summed E-state index contributed by atoms with van der Waals surface area (Å²) in [5.74, 6) is 1.70. The van der Waals surface area contributed by atoms with Crippen molar-refractivity contribution in [2.75, 3.05) is 11.9 Å². The van der Waals surface area contributed by atoms with Crippen LogP contribution >= 0.6 is 0 Å². The maximum atomic E-state index is 5.35. The Balaban J connectivity index is 2.14. The second kappa shape index (κ2) is 8.08. The molecule has 0 aliphatic heterocycles. The molecule has 1 N–H and O–H groups in total. The highest BCUT2D eigenvalue weighted by atomic mass is 16.5. The molecule has 0 amide bonds. The smallest absolute Gasteiger partial charge is 0.204 e. The molecule has 5 nitrogen and oxygen atoms in total. The highest BCUT2D eigenvalue weighted by molar-refractivity contribution is 5.85. The quantitative estimate of drug-likeness (QED) is 0.570. The minimum atomic E-state index is 0.727. The number of anilines is 1. The summed E-state index contributed by atoms with van der Waals surface area (Å²) in [6.45, 7) is 13.3. The third kappa shape index (κ3) is 3.72. The summed E-state index contributed by atoms with van der Waals surface area (Å²) < 4.78 is 7.56. The molecule has 1 aromatic carbocycles. The van der Waals surface area contributed by atoms with Gasteiger partial charge >= 0.3 is 0 Å². The molecule has 0 saturated carbocycles. The van der Waals surface area contributed by atoms with E-state index in [9.17, 15) is 0 Å². The van der Waals surface area contributed by atoms with Crippen LogP contribution in [0.2, 0.25) is 0 Å². The van der Waals surface area contributed by atoms with Crippen molar-refractivity contribution in [3.63, 3.8) is 0 Å². The largest absolute Gasteiger partial charge is 0.361 e. The van der Waals surface area contributed by atoms with Crippen molar-refractivity contribution in [3.8, 4) is 11.1 Å². The maximum absolute atomic E-state index is 5.35. The molecule has 0 saturated heterocycles. The third-order valence-electron chi connectivity index (χ3n) is 4.56. The minimum Gasteiger partial charge on any atom is -0.361 e. The van der Waals surface area contributed by atoms with Crippen LogP contribution in [0.3, 0.4) is 0 Å². The van der Waals surface area contributed by atoms with Gasteiger partial charge < -0.3 is 14.4 Å². The average molecular weight is 362 g/mol. The number of aryl methyl sites for hydroxylation is 2. The molecule has 3 rings (SSSR count). The number of fused-ring (bicyclic) bond motifs is 1. The van der Waals surface area contributed by atoms with Crippen LogP contribution in [0.5, 0.6) is 0 Å². The Morgan fingerprint density at radius 1 is 1.33 bits per heavy atom. The van der Waals surface area contributed by atoms with Crippen LogP contribution in [0, 0.1) is 13.8 Å². The molecule has 0 bridgehead atoms. The van der Waals surface area contributed by atoms with Crippen molar-refractivity contribution in [1.29, 1.82) is 0 Å². The zero-order valence-electron chi connectivity index (χ0n) is 16.4. The van der Waals surface area contributed by atoms with Gasteiger partial charge in [-0.1, -0.05) is 42.1 Å². The van der Waals surface area contributed by atoms with E-state index >= 15 is 0 Å². The number of allylic oxidation sites excluding steroid dienone is 5. The minimum absolute atomic E-state index is 0.727. The van der Waals surface area contributed by atoms with E-state index in [-0.39, 0.29) is 0 Å². The first kappa shape index (κ1) is 18.7. The first-order valence-electron chi connectivity index (χ1n) is 9.20. The second-order valence-corrected chi connectivity index (χ2v) is 6.41. The van der Waals surface area contributed by atoms with Crippen LogP contribution in [0.1, 0.15) is 25.3 Å². The lowest BCUT2D eigenvalue weighted by molar-refractivity contribution is 0.393. The van der Waals surface area contributed by atoms with E-state index in [1.807, 2.05) is 26.8 Å². The van der Waals surface area contributed by atoms with Gasteiger partial charge in [0.15, 0.2) is 0 Å². The van der Waals surface area contributed by atoms with Gasteiger partial charge in [0.2, 0.25) is 5.95 Å². The van der Waals surface area contributed by atoms with Crippen LogP contribution in [-0.4, -0.2) is 21.3 Å². The van der Waals surface area contributed by atoms with E-state index in [1.165, 1.54) is 5.57 Å². The molecular formula is C22H26N4O. The second-order valence-electron chi connectivity index (χ2n) is 6.41. The first-order chi connectivity index (χ1) is 13.1. The van der Waals surface area contributed by atoms with Crippen molar-refractivity contribution < 1.29 is 4.52 Å². The third-order valence-corrected chi connectivity index (χ3v) is 4.56. The fourth-order valence-corrected chi connectivity index (χ4v) is 3.24. The van der Waals surface area contributed by atoms with Crippen molar-refractivity contribution >= 4 is 17.0 Å². The maximum Gasteiger partial charge on any atom is 0.204 e. The van der Waals surface area contributed by atoms with E-state index in [0.29, 0.717) is 0 Å². The Hall–Kier alpha value is -3.08. The average Bonchev–Trinajstić information content (AvgIpc) is 3.18. The van der Waals surface area contributed by atoms with E-state index in [1.54, 1.807) is 6.08 Å². The summed E-state index contributed by atoms with van der Waals surface area (Å²) in [5.41, 5.74) is 6.27. The van der Waals surface area contributed by atoms with Crippen molar-refractivity contribution in [1.82, 2.24) is 14.7 Å². The Labute approximate surface area is 160 Å². The van der Waals surface area contributed by atoms with Crippen LogP contribution < -0.4 is 5.32 Å². The van der Waals surface area contributed by atoms with Gasteiger partial charge in [-0.3, -0.25) is 0 Å². The summed E-state index contributed by atoms with van der Waals surface area (Å²) in [4.78, 5) is 4.78. The van der Waals surface area contributed by atoms with Crippen LogP contribution in [0.15, 0.2) is 59.2 Å². The number of hydrogen-bond donors (Lipinski definition) is 1. The zero-order valence-corrected chi connectivity index (χ0v) is 16.4. The predicted molar refractivity (Wildman–Crippen MR) is 112 cm³/mol. The van der Waals surface area contributed by atoms with Gasteiger partial charge in [-0.25, -0.2) is 4.98 Å². The zero-order chi connectivity index (χ0) is 19.4. The molecule has 27 heavy (non-hydrogen) atoms. The molecule has 140 valence electrons. The van der Waals surface area contributed by atoms with Gasteiger partial charge in [0, 0.05) is 12.1 Å². The lowest BCUT2D eigenvalue weighted by Crippen LogP contribution is -2.08. The van der Waals surface area contributed by atoms with Gasteiger partial charge in [0.1, 0.15) is 5.76 Å². The lowest BCUT2D eigenvalue weighted by atomic mass is 10.0. The lowest BCUT2D eigenvalue weighted by Gasteiger charge is -2.11. The first-order valence-corrected chi connectivity index (χ1v) is 9.20. The number of hydrogen-bond acceptors (Lipinski definition) is 4. The summed E-state index contributed by atoms with van der Waals surface area (Å²) in [6, 6.07) is 6.30. The molecule has 0 unspecified atom stereocenters. The highest BCUT2D eigenvalue weighted by Crippen LogP contribution is 2.31. The number of benzene rings is 1. The van der Waals surface area contributed by atoms with Gasteiger partial charge in [-0.15, -0.1) is 0 Å². The summed E-state index contributed by atoms with van der Waals surface area (Å²) in [5, 5.41) is 7.47. The Morgan fingerprint density at radius 2 is 2.15 bits per heavy atom. The van der Waals surface area contributed by atoms with Gasteiger partial charge in [0.05, 0.1) is 23.3 Å². The fraction of sp³-hybridized carbons (Fsp3) is 0.273. The SMILES string of the molecule is C=C/C=C\C(=C/C)Cn1c(NCC)nc2ccc(-c3c(C)noc3C)cc21. The van der Waals surface area contributed by atoms with Crippen LogP contribution in [0.25, 0.3) is 22.2 Å². The standard InChI is InChI=1S/C22H26N4O/c1-6-9-10-17(7-2)14-26-20-13-18(21-15(4)25-27-16(21)5)11-12-19(20)24-22(26)23-8-3/h6-7,9-13H,1,8,14H2,2-5H3,(H,23,24)/b10-9-,17-7+. The summed E-state index contributed by atoms with van der Waals surface area (Å²) in [6.07, 6.45) is 7.93. The number of nitrogens with one attached hydrogen (secondary N) is 1. The molecule has 3 aromatic rings. The number of aromatic nitrogens is 3.